The number of Topliss-reactive ketones (excluding diaryl/α,β-unsaturated/α-hetero) is 1. The lowest BCUT2D eigenvalue weighted by atomic mass is 10.2. The lowest BCUT2D eigenvalue weighted by molar-refractivity contribution is 0.0986. The molecule has 3 heterocycles. The van der Waals surface area contributed by atoms with Crippen LogP contribution in [0.1, 0.15) is 38.8 Å². The lowest BCUT2D eigenvalue weighted by Gasteiger charge is -2.05. The molecule has 0 radical (unpaired) electrons. The van der Waals surface area contributed by atoms with E-state index in [0.717, 1.165) is 32.7 Å². The summed E-state index contributed by atoms with van der Waals surface area (Å²) in [5.41, 5.74) is 1.28. The van der Waals surface area contributed by atoms with E-state index in [2.05, 4.69) is 23.8 Å². The van der Waals surface area contributed by atoms with Crippen molar-refractivity contribution in [3.63, 3.8) is 0 Å². The number of aryl methyl sites for hydroxylation is 3. The first-order valence-corrected chi connectivity index (χ1v) is 10.2. The Balaban J connectivity index is 1.66. The highest BCUT2D eigenvalue weighted by Crippen LogP contribution is 2.35. The molecule has 0 N–H and O–H groups in total. The zero-order valence-electron chi connectivity index (χ0n) is 13.4. The van der Waals surface area contributed by atoms with Crippen molar-refractivity contribution in [1.29, 1.82) is 0 Å². The van der Waals surface area contributed by atoms with E-state index in [1.54, 1.807) is 23.1 Å². The molecule has 0 aliphatic carbocycles. The van der Waals surface area contributed by atoms with Gasteiger partial charge < -0.3 is 0 Å². The van der Waals surface area contributed by atoms with E-state index in [4.69, 9.17) is 0 Å². The van der Waals surface area contributed by atoms with E-state index in [-0.39, 0.29) is 5.78 Å². The fraction of sp³-hybridized carbons (Fsp3) is 0.353. The second-order valence-electron chi connectivity index (χ2n) is 5.39. The van der Waals surface area contributed by atoms with E-state index in [1.807, 2.05) is 24.4 Å². The number of fused-ring (bicyclic) bond motifs is 1. The van der Waals surface area contributed by atoms with Gasteiger partial charge in [-0.2, -0.15) is 0 Å². The van der Waals surface area contributed by atoms with Crippen molar-refractivity contribution in [1.82, 2.24) is 9.97 Å². The van der Waals surface area contributed by atoms with Gasteiger partial charge in [0, 0.05) is 16.7 Å². The molecule has 0 unspecified atom stereocenters. The van der Waals surface area contributed by atoms with Gasteiger partial charge in [0.1, 0.15) is 15.7 Å². The summed E-state index contributed by atoms with van der Waals surface area (Å²) in [5, 5.41) is 4.19. The maximum Gasteiger partial charge on any atom is 0.172 e. The second kappa shape index (κ2) is 7.11. The van der Waals surface area contributed by atoms with Crippen LogP contribution in [0.25, 0.3) is 10.2 Å². The van der Waals surface area contributed by atoms with E-state index < -0.39 is 0 Å². The maximum atomic E-state index is 12.0. The van der Waals surface area contributed by atoms with Gasteiger partial charge in [0.2, 0.25) is 0 Å². The van der Waals surface area contributed by atoms with Gasteiger partial charge in [0.25, 0.3) is 0 Å². The van der Waals surface area contributed by atoms with Gasteiger partial charge in [0.05, 0.1) is 4.88 Å². The molecule has 0 bridgehead atoms. The second-order valence-corrected chi connectivity index (χ2v) is 8.63. The molecule has 3 nitrogen and oxygen atoms in total. The van der Waals surface area contributed by atoms with Crippen LogP contribution in [-0.4, -0.2) is 21.5 Å². The minimum atomic E-state index is 0.243. The van der Waals surface area contributed by atoms with Gasteiger partial charge in [0.15, 0.2) is 5.78 Å². The van der Waals surface area contributed by atoms with Crippen molar-refractivity contribution in [3.8, 4) is 0 Å². The highest BCUT2D eigenvalue weighted by atomic mass is 32.2. The summed E-state index contributed by atoms with van der Waals surface area (Å²) in [4.78, 5) is 24.4. The third kappa shape index (κ3) is 3.65. The number of thioether (sulfide) groups is 1. The number of carbonyl (C=O) groups excluding carboxylic acids is 1. The van der Waals surface area contributed by atoms with E-state index in [9.17, 15) is 4.79 Å². The highest BCUT2D eigenvalue weighted by Gasteiger charge is 2.14. The molecule has 3 aromatic rings. The van der Waals surface area contributed by atoms with Crippen LogP contribution in [0.4, 0.5) is 0 Å². The van der Waals surface area contributed by atoms with Crippen LogP contribution in [0.15, 0.2) is 22.5 Å². The average molecular weight is 363 g/mol. The molecule has 0 saturated heterocycles. The maximum absolute atomic E-state index is 12.0. The minimum Gasteiger partial charge on any atom is -0.293 e. The topological polar surface area (TPSA) is 42.9 Å². The molecular weight excluding hydrogens is 344 g/mol. The SMILES string of the molecule is Cc1nc(SCCCC(=O)c2cccs2)c2c(C)c(C)sc2n1. The van der Waals surface area contributed by atoms with Crippen LogP contribution in [0, 0.1) is 20.8 Å². The standard InChI is InChI=1S/C17H18N2OS3/c1-10-11(2)23-17-15(10)16(18-12(3)19-17)22-9-4-6-13(20)14-7-5-8-21-14/h5,7-8H,4,6,9H2,1-3H3. The molecule has 3 rings (SSSR count). The van der Waals surface area contributed by atoms with E-state index in [0.29, 0.717) is 6.42 Å². The Kier molecular flexibility index (Phi) is 5.14. The molecule has 23 heavy (non-hydrogen) atoms. The predicted molar refractivity (Wildman–Crippen MR) is 100 cm³/mol. The number of hydrogen-bond donors (Lipinski definition) is 0. The number of nitrogens with zero attached hydrogens (tertiary/aromatic N) is 2. The molecule has 0 amide bonds. The number of rotatable bonds is 6. The number of hydrogen-bond acceptors (Lipinski definition) is 6. The van der Waals surface area contributed by atoms with Crippen LogP contribution >= 0.6 is 34.4 Å². The molecule has 3 aromatic heterocycles. The summed E-state index contributed by atoms with van der Waals surface area (Å²) < 4.78 is 0. The van der Waals surface area contributed by atoms with Gasteiger partial charge in [-0.1, -0.05) is 6.07 Å². The number of ketones is 1. The van der Waals surface area contributed by atoms with Gasteiger partial charge in [-0.15, -0.1) is 34.4 Å². The molecule has 0 saturated carbocycles. The third-order valence-corrected chi connectivity index (χ3v) is 6.76. The molecule has 0 atom stereocenters. The van der Waals surface area contributed by atoms with Gasteiger partial charge in [-0.05, 0) is 50.0 Å². The van der Waals surface area contributed by atoms with Crippen LogP contribution in [-0.2, 0) is 0 Å². The van der Waals surface area contributed by atoms with Crippen LogP contribution in [0.3, 0.4) is 0 Å². The Labute approximate surface area is 148 Å². The summed E-state index contributed by atoms with van der Waals surface area (Å²) in [6.45, 7) is 6.20. The summed E-state index contributed by atoms with van der Waals surface area (Å²) in [6, 6.07) is 3.82. The molecular formula is C17H18N2OS3. The molecule has 6 heteroatoms. The summed E-state index contributed by atoms with van der Waals surface area (Å²) in [6.07, 6.45) is 1.47. The fourth-order valence-electron chi connectivity index (χ4n) is 2.38. The predicted octanol–water partition coefficient (Wildman–Crippen LogP) is 5.43. The first kappa shape index (κ1) is 16.6. The van der Waals surface area contributed by atoms with Crippen molar-refractivity contribution in [3.05, 3.63) is 38.7 Å². The van der Waals surface area contributed by atoms with Gasteiger partial charge >= 0.3 is 0 Å². The van der Waals surface area contributed by atoms with Crippen molar-refractivity contribution in [2.24, 2.45) is 0 Å². The molecule has 0 aromatic carbocycles. The zero-order valence-corrected chi connectivity index (χ0v) is 15.8. The number of thiophene rings is 2. The Morgan fingerprint density at radius 1 is 1.26 bits per heavy atom. The van der Waals surface area contributed by atoms with Crippen molar-refractivity contribution in [2.75, 3.05) is 5.75 Å². The molecule has 0 aliphatic rings. The highest BCUT2D eigenvalue weighted by molar-refractivity contribution is 7.99. The summed E-state index contributed by atoms with van der Waals surface area (Å²) >= 11 is 4.99. The fourth-order valence-corrected chi connectivity index (χ4v) is 5.29. The Bertz CT molecular complexity index is 837. The Hall–Kier alpha value is -1.24. The third-order valence-electron chi connectivity index (χ3n) is 3.69. The molecule has 0 aliphatic heterocycles. The largest absolute Gasteiger partial charge is 0.293 e. The van der Waals surface area contributed by atoms with E-state index >= 15 is 0 Å². The van der Waals surface area contributed by atoms with Crippen molar-refractivity contribution >= 4 is 50.4 Å². The monoisotopic (exact) mass is 362 g/mol. The normalized spacial score (nSPS) is 11.3. The first-order chi connectivity index (χ1) is 11.1. The van der Waals surface area contributed by atoms with Crippen LogP contribution in [0.5, 0.6) is 0 Å². The quantitative estimate of drug-likeness (QED) is 0.254. The van der Waals surface area contributed by atoms with Crippen molar-refractivity contribution in [2.45, 2.75) is 38.6 Å². The Morgan fingerprint density at radius 3 is 2.83 bits per heavy atom. The number of aromatic nitrogens is 2. The van der Waals surface area contributed by atoms with E-state index in [1.165, 1.54) is 27.2 Å². The molecule has 0 spiro atoms. The number of carbonyl (C=O) groups is 1. The molecule has 0 fully saturated rings. The van der Waals surface area contributed by atoms with Gasteiger partial charge in [-0.3, -0.25) is 4.79 Å². The van der Waals surface area contributed by atoms with Crippen LogP contribution in [0.2, 0.25) is 0 Å². The summed E-state index contributed by atoms with van der Waals surface area (Å²) in [5.74, 6) is 1.96. The Morgan fingerprint density at radius 2 is 2.09 bits per heavy atom. The lowest BCUT2D eigenvalue weighted by Crippen LogP contribution is -1.97. The minimum absolute atomic E-state index is 0.243. The van der Waals surface area contributed by atoms with Crippen molar-refractivity contribution < 1.29 is 4.79 Å². The zero-order chi connectivity index (χ0) is 16.4. The smallest absolute Gasteiger partial charge is 0.172 e. The van der Waals surface area contributed by atoms with Gasteiger partial charge in [-0.25, -0.2) is 9.97 Å². The first-order valence-electron chi connectivity index (χ1n) is 7.50. The summed E-state index contributed by atoms with van der Waals surface area (Å²) in [7, 11) is 0. The molecule has 120 valence electrons. The average Bonchev–Trinajstić information content (AvgIpc) is 3.13. The van der Waals surface area contributed by atoms with Crippen LogP contribution < -0.4 is 0 Å².